The van der Waals surface area contributed by atoms with Gasteiger partial charge in [-0.25, -0.2) is 4.79 Å². The van der Waals surface area contributed by atoms with Gasteiger partial charge >= 0.3 is 5.76 Å². The van der Waals surface area contributed by atoms with Crippen molar-refractivity contribution in [3.8, 4) is 0 Å². The zero-order valence-electron chi connectivity index (χ0n) is 11.8. The van der Waals surface area contributed by atoms with E-state index in [2.05, 4.69) is 5.32 Å². The van der Waals surface area contributed by atoms with E-state index < -0.39 is 11.8 Å². The number of nitrogen functional groups attached to an aromatic ring is 1. The summed E-state index contributed by atoms with van der Waals surface area (Å²) in [7, 11) is 0. The van der Waals surface area contributed by atoms with Gasteiger partial charge in [-0.3, -0.25) is 9.36 Å². The fraction of sp³-hybridized carbons (Fsp3) is 0.429. The molecule has 0 aliphatic heterocycles. The second-order valence-corrected chi connectivity index (χ2v) is 5.28. The Hall–Kier alpha value is -2.24. The van der Waals surface area contributed by atoms with Gasteiger partial charge in [0.1, 0.15) is 6.04 Å². The smallest absolute Gasteiger partial charge is 0.408 e. The molecule has 3 N–H and O–H groups in total. The van der Waals surface area contributed by atoms with E-state index in [-0.39, 0.29) is 5.91 Å². The minimum atomic E-state index is -0.649. The lowest BCUT2D eigenvalue weighted by Gasteiger charge is -2.14. The Morgan fingerprint density at radius 1 is 1.40 bits per heavy atom. The van der Waals surface area contributed by atoms with Crippen LogP contribution in [0.3, 0.4) is 0 Å². The average Bonchev–Trinajstić information content (AvgIpc) is 2.70. The first-order valence-corrected chi connectivity index (χ1v) is 6.58. The lowest BCUT2D eigenvalue weighted by Crippen LogP contribution is -2.36. The number of nitrogens with one attached hydrogen (secondary N) is 1. The van der Waals surface area contributed by atoms with Gasteiger partial charge < -0.3 is 15.5 Å². The summed E-state index contributed by atoms with van der Waals surface area (Å²) in [6, 6.07) is 4.26. The Morgan fingerprint density at radius 2 is 2.10 bits per heavy atom. The molecule has 2 rings (SSSR count). The van der Waals surface area contributed by atoms with Crippen molar-refractivity contribution in [2.24, 2.45) is 5.92 Å². The zero-order valence-corrected chi connectivity index (χ0v) is 11.8. The Morgan fingerprint density at radius 3 is 2.75 bits per heavy atom. The summed E-state index contributed by atoms with van der Waals surface area (Å²) in [6.45, 7) is 6.24. The van der Waals surface area contributed by atoms with Crippen LogP contribution in [0.25, 0.3) is 11.1 Å². The largest absolute Gasteiger partial charge is 0.420 e. The highest BCUT2D eigenvalue weighted by molar-refractivity contribution is 5.83. The molecule has 0 bridgehead atoms. The molecule has 0 spiro atoms. The number of rotatable bonds is 4. The van der Waals surface area contributed by atoms with Crippen molar-refractivity contribution in [1.29, 1.82) is 0 Å². The maximum absolute atomic E-state index is 12.1. The van der Waals surface area contributed by atoms with Crippen LogP contribution >= 0.6 is 0 Å². The van der Waals surface area contributed by atoms with Gasteiger partial charge in [0.05, 0.1) is 5.52 Å². The first kappa shape index (κ1) is 14.2. The Balaban J connectivity index is 2.36. The molecule has 1 aromatic carbocycles. The summed E-state index contributed by atoms with van der Waals surface area (Å²) in [5.74, 6) is -0.427. The minimum absolute atomic E-state index is 0.217. The van der Waals surface area contributed by atoms with Gasteiger partial charge in [0, 0.05) is 12.2 Å². The fourth-order valence-corrected chi connectivity index (χ4v) is 1.99. The molecule has 1 heterocycles. The summed E-state index contributed by atoms with van der Waals surface area (Å²) < 4.78 is 6.44. The van der Waals surface area contributed by atoms with Crippen molar-refractivity contribution < 1.29 is 9.21 Å². The normalized spacial score (nSPS) is 12.8. The minimum Gasteiger partial charge on any atom is -0.408 e. The number of carbonyl (C=O) groups excluding carboxylic acids is 1. The van der Waals surface area contributed by atoms with Crippen LogP contribution in [0.5, 0.6) is 0 Å². The quantitative estimate of drug-likeness (QED) is 0.829. The van der Waals surface area contributed by atoms with E-state index >= 15 is 0 Å². The number of nitrogens with two attached hydrogens (primary N) is 1. The number of hydrogen-bond donors (Lipinski definition) is 2. The number of hydrogen-bond acceptors (Lipinski definition) is 4. The molecule has 0 radical (unpaired) electrons. The van der Waals surface area contributed by atoms with E-state index in [0.717, 1.165) is 0 Å². The van der Waals surface area contributed by atoms with Crippen LogP contribution in [-0.2, 0) is 4.79 Å². The van der Waals surface area contributed by atoms with E-state index in [0.29, 0.717) is 29.2 Å². The van der Waals surface area contributed by atoms with Crippen LogP contribution in [-0.4, -0.2) is 17.0 Å². The van der Waals surface area contributed by atoms with E-state index in [1.54, 1.807) is 25.1 Å². The van der Waals surface area contributed by atoms with Crippen molar-refractivity contribution in [1.82, 2.24) is 9.88 Å². The van der Waals surface area contributed by atoms with Crippen LogP contribution in [0.1, 0.15) is 26.8 Å². The molecule has 6 nitrogen and oxygen atoms in total. The van der Waals surface area contributed by atoms with Crippen molar-refractivity contribution in [2.75, 3.05) is 12.3 Å². The highest BCUT2D eigenvalue weighted by atomic mass is 16.4. The molecule has 2 aromatic rings. The SMILES string of the molecule is CC(C)CNC(=O)C(C)n1c(=O)oc2ccc(N)cc21. The topological polar surface area (TPSA) is 90.3 Å². The molecule has 0 saturated heterocycles. The van der Waals surface area contributed by atoms with Crippen LogP contribution in [0, 0.1) is 5.92 Å². The van der Waals surface area contributed by atoms with Crippen LogP contribution in [0.4, 0.5) is 5.69 Å². The Labute approximate surface area is 116 Å². The zero-order chi connectivity index (χ0) is 14.9. The molecule has 1 unspecified atom stereocenters. The third kappa shape index (κ3) is 2.68. The number of benzene rings is 1. The molecule has 6 heteroatoms. The monoisotopic (exact) mass is 277 g/mol. The van der Waals surface area contributed by atoms with Crippen molar-refractivity contribution in [3.05, 3.63) is 28.7 Å². The fourth-order valence-electron chi connectivity index (χ4n) is 1.99. The van der Waals surface area contributed by atoms with Crippen LogP contribution in [0.15, 0.2) is 27.4 Å². The average molecular weight is 277 g/mol. The van der Waals surface area contributed by atoms with E-state index in [4.69, 9.17) is 10.2 Å². The van der Waals surface area contributed by atoms with Crippen molar-refractivity contribution in [3.63, 3.8) is 0 Å². The number of aromatic nitrogens is 1. The van der Waals surface area contributed by atoms with Crippen LogP contribution in [0.2, 0.25) is 0 Å². The van der Waals surface area contributed by atoms with Gasteiger partial charge in [-0.1, -0.05) is 13.8 Å². The Bertz CT molecular complexity index is 685. The van der Waals surface area contributed by atoms with Gasteiger partial charge in [0.15, 0.2) is 5.58 Å². The molecular formula is C14H19N3O3. The van der Waals surface area contributed by atoms with Crippen molar-refractivity contribution in [2.45, 2.75) is 26.8 Å². The highest BCUT2D eigenvalue weighted by Gasteiger charge is 2.21. The van der Waals surface area contributed by atoms with Gasteiger partial charge in [0.2, 0.25) is 5.91 Å². The van der Waals surface area contributed by atoms with Gasteiger partial charge in [-0.15, -0.1) is 0 Å². The molecule has 0 fully saturated rings. The molecule has 0 aliphatic rings. The summed E-state index contributed by atoms with van der Waals surface area (Å²) in [6.07, 6.45) is 0. The lowest BCUT2D eigenvalue weighted by molar-refractivity contribution is -0.124. The number of nitrogens with zero attached hydrogens (tertiary/aromatic N) is 1. The molecule has 1 aromatic heterocycles. The van der Waals surface area contributed by atoms with E-state index in [1.165, 1.54) is 4.57 Å². The van der Waals surface area contributed by atoms with Crippen molar-refractivity contribution >= 4 is 22.7 Å². The summed E-state index contributed by atoms with van der Waals surface area (Å²) in [5.41, 5.74) is 7.19. The van der Waals surface area contributed by atoms with Gasteiger partial charge in [0.25, 0.3) is 0 Å². The first-order valence-electron chi connectivity index (χ1n) is 6.58. The van der Waals surface area contributed by atoms with Crippen LogP contribution < -0.4 is 16.8 Å². The number of amides is 1. The second kappa shape index (κ2) is 5.40. The van der Waals surface area contributed by atoms with E-state index in [1.807, 2.05) is 13.8 Å². The predicted octanol–water partition coefficient (Wildman–Crippen LogP) is 1.51. The molecular weight excluding hydrogens is 258 g/mol. The highest BCUT2D eigenvalue weighted by Crippen LogP contribution is 2.19. The number of fused-ring (bicyclic) bond motifs is 1. The number of anilines is 1. The standard InChI is InChI=1S/C14H19N3O3/c1-8(2)7-16-13(18)9(3)17-11-6-10(15)4-5-12(11)20-14(17)19/h4-6,8-9H,7,15H2,1-3H3,(H,16,18). The summed E-state index contributed by atoms with van der Waals surface area (Å²) >= 11 is 0. The summed E-state index contributed by atoms with van der Waals surface area (Å²) in [4.78, 5) is 24.0. The number of carbonyl (C=O) groups is 1. The third-order valence-corrected chi connectivity index (χ3v) is 3.09. The maximum atomic E-state index is 12.1. The Kier molecular flexibility index (Phi) is 3.83. The third-order valence-electron chi connectivity index (χ3n) is 3.09. The van der Waals surface area contributed by atoms with Gasteiger partial charge in [-0.05, 0) is 31.0 Å². The first-order chi connectivity index (χ1) is 9.40. The predicted molar refractivity (Wildman–Crippen MR) is 77.4 cm³/mol. The lowest BCUT2D eigenvalue weighted by atomic mass is 10.2. The molecule has 20 heavy (non-hydrogen) atoms. The molecule has 1 atom stereocenters. The molecule has 0 aliphatic carbocycles. The number of oxazole rings is 1. The molecule has 1 amide bonds. The molecule has 0 saturated carbocycles. The van der Waals surface area contributed by atoms with E-state index in [9.17, 15) is 9.59 Å². The maximum Gasteiger partial charge on any atom is 0.420 e. The summed E-state index contributed by atoms with van der Waals surface area (Å²) in [5, 5.41) is 2.81. The van der Waals surface area contributed by atoms with Gasteiger partial charge in [-0.2, -0.15) is 0 Å². The second-order valence-electron chi connectivity index (χ2n) is 5.28. The molecule has 108 valence electrons.